The van der Waals surface area contributed by atoms with Crippen molar-refractivity contribution in [1.82, 2.24) is 24.9 Å². The molecule has 4 rings (SSSR count). The highest BCUT2D eigenvalue weighted by Crippen LogP contribution is 2.34. The average molecular weight is 471 g/mol. The van der Waals surface area contributed by atoms with Crippen LogP contribution in [0, 0.1) is 22.5 Å². The first-order valence-corrected chi connectivity index (χ1v) is 9.81. The normalized spacial score (nSPS) is 11.6. The third kappa shape index (κ3) is 3.72. The molecule has 0 atom stereocenters. The summed E-state index contributed by atoms with van der Waals surface area (Å²) in [7, 11) is 2.86. The zero-order valence-corrected chi connectivity index (χ0v) is 17.8. The monoisotopic (exact) mass is 471 g/mol. The second-order valence-electron chi connectivity index (χ2n) is 7.38. The first kappa shape index (κ1) is 22.8. The molecule has 0 unspecified atom stereocenters. The molecule has 174 valence electrons. The molecule has 0 aliphatic carbocycles. The van der Waals surface area contributed by atoms with Gasteiger partial charge in [0.25, 0.3) is 5.91 Å². The molecule has 0 saturated heterocycles. The van der Waals surface area contributed by atoms with Crippen molar-refractivity contribution < 1.29 is 22.4 Å². The number of rotatable bonds is 4. The molecular weight excluding hydrogens is 454 g/mol. The van der Waals surface area contributed by atoms with Gasteiger partial charge in [-0.2, -0.15) is 23.7 Å². The minimum absolute atomic E-state index is 0.0397. The summed E-state index contributed by atoms with van der Waals surface area (Å²) in [5.41, 5.74) is -1.61. The number of halogens is 4. The molecule has 0 aliphatic rings. The second kappa shape index (κ2) is 8.21. The Morgan fingerprint density at radius 3 is 2.50 bits per heavy atom. The smallest absolute Gasteiger partial charge is 0.334 e. The minimum Gasteiger partial charge on any atom is -0.355 e. The van der Waals surface area contributed by atoms with Gasteiger partial charge in [0.15, 0.2) is 5.84 Å². The fraction of sp³-hybridized carbons (Fsp3) is 0.136. The van der Waals surface area contributed by atoms with Crippen molar-refractivity contribution in [2.75, 3.05) is 7.05 Å². The number of carbonyl (C=O) groups is 1. The van der Waals surface area contributed by atoms with Gasteiger partial charge in [-0.05, 0) is 36.4 Å². The van der Waals surface area contributed by atoms with E-state index in [0.29, 0.717) is 4.68 Å². The Morgan fingerprint density at radius 2 is 1.82 bits per heavy atom. The number of amides is 1. The summed E-state index contributed by atoms with van der Waals surface area (Å²) < 4.78 is 61.4. The third-order valence-corrected chi connectivity index (χ3v) is 5.16. The summed E-state index contributed by atoms with van der Waals surface area (Å²) in [5.74, 6) is -8.39. The summed E-state index contributed by atoms with van der Waals surface area (Å²) in [6, 6.07) is 7.95. The molecular formula is C22H17F4N7O. The van der Waals surface area contributed by atoms with Gasteiger partial charge in [-0.15, -0.1) is 0 Å². The molecule has 8 nitrogen and oxygen atoms in total. The van der Waals surface area contributed by atoms with Crippen molar-refractivity contribution in [1.29, 1.82) is 10.8 Å². The highest BCUT2D eigenvalue weighted by Gasteiger charge is 2.42. The molecule has 2 aromatic heterocycles. The van der Waals surface area contributed by atoms with Crippen molar-refractivity contribution in [2.24, 2.45) is 7.05 Å². The number of nitrogens with zero attached hydrogens (tertiary/aromatic N) is 4. The highest BCUT2D eigenvalue weighted by molar-refractivity contribution is 5.95. The van der Waals surface area contributed by atoms with Crippen LogP contribution in [0.3, 0.4) is 0 Å². The summed E-state index contributed by atoms with van der Waals surface area (Å²) in [4.78, 5) is 11.7. The van der Waals surface area contributed by atoms with Gasteiger partial charge in [-0.25, -0.2) is 8.78 Å². The van der Waals surface area contributed by atoms with Crippen LogP contribution < -0.4 is 10.8 Å². The molecule has 0 radical (unpaired) electrons. The first-order chi connectivity index (χ1) is 16.0. The zero-order valence-electron chi connectivity index (χ0n) is 17.8. The molecule has 2 heterocycles. The van der Waals surface area contributed by atoms with Crippen LogP contribution in [0.15, 0.2) is 48.7 Å². The Hall–Kier alpha value is -4.35. The predicted octanol–water partition coefficient (Wildman–Crippen LogP) is 3.17. The van der Waals surface area contributed by atoms with E-state index in [4.69, 9.17) is 10.8 Å². The van der Waals surface area contributed by atoms with Crippen LogP contribution in [0.1, 0.15) is 15.9 Å². The lowest BCUT2D eigenvalue weighted by molar-refractivity contribution is 0.0657. The molecule has 0 spiro atoms. The number of fused-ring (bicyclic) bond motifs is 1. The molecule has 34 heavy (non-hydrogen) atoms. The van der Waals surface area contributed by atoms with Crippen LogP contribution in [-0.2, 0) is 13.0 Å². The Kier molecular flexibility index (Phi) is 5.51. The fourth-order valence-corrected chi connectivity index (χ4v) is 3.42. The van der Waals surface area contributed by atoms with E-state index in [9.17, 15) is 13.6 Å². The van der Waals surface area contributed by atoms with Crippen molar-refractivity contribution in [3.05, 3.63) is 76.9 Å². The highest BCUT2D eigenvalue weighted by atomic mass is 19.3. The van der Waals surface area contributed by atoms with E-state index in [-0.39, 0.29) is 27.7 Å². The number of carbonyl (C=O) groups excluding carboxylic acids is 1. The predicted molar refractivity (Wildman–Crippen MR) is 115 cm³/mol. The minimum atomic E-state index is -4.16. The number of hydrogen-bond donors (Lipinski definition) is 3. The molecule has 0 bridgehead atoms. The molecule has 3 N–H and O–H groups in total. The average Bonchev–Trinajstić information content (AvgIpc) is 3.19. The Labute approximate surface area is 189 Å². The van der Waals surface area contributed by atoms with Crippen molar-refractivity contribution in [2.45, 2.75) is 5.92 Å². The van der Waals surface area contributed by atoms with Crippen LogP contribution in [0.4, 0.5) is 17.6 Å². The summed E-state index contributed by atoms with van der Waals surface area (Å²) in [5, 5.41) is 26.0. The molecule has 1 amide bonds. The number of benzene rings is 2. The Bertz CT molecular complexity index is 1520. The van der Waals surface area contributed by atoms with Gasteiger partial charge in [0.2, 0.25) is 0 Å². The third-order valence-electron chi connectivity index (χ3n) is 5.16. The standard InChI is InChI=1S/C22H17F4N7O/c1-29-20(34)12-4-3-11(9-15(12)23)16-7-8-18(27)33(31-16)21(28)22(25,26)14-5-6-17-13(19(14)24)10-32(2)30-17/h3-10,27-28H,1-2H3,(H,29,34). The Balaban J connectivity index is 1.77. The van der Waals surface area contributed by atoms with Crippen LogP contribution in [0.5, 0.6) is 0 Å². The zero-order chi connectivity index (χ0) is 24.8. The summed E-state index contributed by atoms with van der Waals surface area (Å²) in [6.07, 6.45) is 1.24. The van der Waals surface area contributed by atoms with Crippen LogP contribution >= 0.6 is 0 Å². The lowest BCUT2D eigenvalue weighted by Gasteiger charge is -2.20. The SMILES string of the molecule is CNC(=O)c1ccc(-c2ccc(=N)n(C(=N)C(F)(F)c3ccc4nn(C)cc4c3F)n2)cc1F. The van der Waals surface area contributed by atoms with E-state index in [1.54, 1.807) is 0 Å². The number of aryl methyl sites for hydroxylation is 1. The number of aromatic nitrogens is 4. The lowest BCUT2D eigenvalue weighted by Crippen LogP contribution is -2.40. The van der Waals surface area contributed by atoms with Gasteiger partial charge in [0.05, 0.1) is 27.7 Å². The van der Waals surface area contributed by atoms with E-state index < -0.39 is 40.4 Å². The summed E-state index contributed by atoms with van der Waals surface area (Å²) >= 11 is 0. The summed E-state index contributed by atoms with van der Waals surface area (Å²) in [6.45, 7) is 0. The molecule has 2 aromatic carbocycles. The maximum atomic E-state index is 15.2. The van der Waals surface area contributed by atoms with Gasteiger partial charge in [0, 0.05) is 25.9 Å². The fourth-order valence-electron chi connectivity index (χ4n) is 3.42. The van der Waals surface area contributed by atoms with E-state index in [1.807, 2.05) is 0 Å². The van der Waals surface area contributed by atoms with Gasteiger partial charge >= 0.3 is 5.92 Å². The van der Waals surface area contributed by atoms with E-state index in [1.165, 1.54) is 49.2 Å². The van der Waals surface area contributed by atoms with Gasteiger partial charge in [-0.3, -0.25) is 20.3 Å². The second-order valence-corrected chi connectivity index (χ2v) is 7.38. The van der Waals surface area contributed by atoms with Crippen molar-refractivity contribution in [3.63, 3.8) is 0 Å². The number of hydrogen-bond acceptors (Lipinski definition) is 5. The Morgan fingerprint density at radius 1 is 1.09 bits per heavy atom. The van der Waals surface area contributed by atoms with Crippen molar-refractivity contribution in [3.8, 4) is 11.3 Å². The number of nitrogens with one attached hydrogen (secondary N) is 3. The topological polar surface area (TPSA) is 112 Å². The molecule has 4 aromatic rings. The van der Waals surface area contributed by atoms with E-state index in [2.05, 4.69) is 15.5 Å². The lowest BCUT2D eigenvalue weighted by atomic mass is 10.0. The molecule has 0 aliphatic heterocycles. The van der Waals surface area contributed by atoms with E-state index >= 15 is 8.78 Å². The molecule has 0 fully saturated rings. The van der Waals surface area contributed by atoms with Crippen molar-refractivity contribution >= 4 is 22.6 Å². The van der Waals surface area contributed by atoms with Gasteiger partial charge in [0.1, 0.15) is 17.1 Å². The maximum absolute atomic E-state index is 15.2. The van der Waals surface area contributed by atoms with Crippen LogP contribution in [-0.4, -0.2) is 38.4 Å². The first-order valence-electron chi connectivity index (χ1n) is 9.81. The van der Waals surface area contributed by atoms with E-state index in [0.717, 1.165) is 18.2 Å². The molecule has 0 saturated carbocycles. The van der Waals surface area contributed by atoms with Gasteiger partial charge < -0.3 is 5.32 Å². The maximum Gasteiger partial charge on any atom is 0.334 e. The number of alkyl halides is 2. The largest absolute Gasteiger partial charge is 0.355 e. The van der Waals surface area contributed by atoms with Gasteiger partial charge in [-0.1, -0.05) is 6.07 Å². The van der Waals surface area contributed by atoms with Crippen LogP contribution in [0.25, 0.3) is 22.2 Å². The van der Waals surface area contributed by atoms with Crippen LogP contribution in [0.2, 0.25) is 0 Å². The molecule has 12 heteroatoms. The quantitative estimate of drug-likeness (QED) is 0.241.